The summed E-state index contributed by atoms with van der Waals surface area (Å²) in [5.41, 5.74) is 12.7. The van der Waals surface area contributed by atoms with E-state index in [4.69, 9.17) is 11.5 Å². The van der Waals surface area contributed by atoms with Crippen LogP contribution in [0.15, 0.2) is 49.1 Å². The van der Waals surface area contributed by atoms with Crippen LogP contribution >= 0.6 is 0 Å². The van der Waals surface area contributed by atoms with Gasteiger partial charge in [0.25, 0.3) is 11.8 Å². The zero-order valence-corrected chi connectivity index (χ0v) is 18.3. The fraction of sp³-hybridized carbons (Fsp3) is 0.261. The average Bonchev–Trinajstić information content (AvgIpc) is 2.83. The molecule has 11 heteroatoms. The second-order valence-corrected chi connectivity index (χ2v) is 8.06. The molecule has 3 heterocycles. The molecule has 1 unspecified atom stereocenters. The number of pyridine rings is 3. The largest absolute Gasteiger partial charge is 0.365 e. The number of nitrogens with one attached hydrogen (secondary N) is 3. The van der Waals surface area contributed by atoms with E-state index in [9.17, 15) is 14.0 Å². The van der Waals surface area contributed by atoms with Crippen LogP contribution in [0.1, 0.15) is 46.4 Å². The molecule has 0 saturated heterocycles. The maximum Gasteiger partial charge on any atom is 0.255 e. The maximum absolute atomic E-state index is 14.7. The Morgan fingerprint density at radius 2 is 1.74 bits per heavy atom. The molecule has 2 amide bonds. The van der Waals surface area contributed by atoms with Gasteiger partial charge in [-0.2, -0.15) is 0 Å². The lowest BCUT2D eigenvalue weighted by molar-refractivity contribution is 0.0997. The summed E-state index contributed by atoms with van der Waals surface area (Å²) in [6.07, 6.45) is 9.63. The lowest BCUT2D eigenvalue weighted by Gasteiger charge is -2.30. The van der Waals surface area contributed by atoms with E-state index < -0.39 is 11.7 Å². The predicted octanol–water partition coefficient (Wildman–Crippen LogP) is 2.79. The Morgan fingerprint density at radius 3 is 2.47 bits per heavy atom. The fourth-order valence-electron chi connectivity index (χ4n) is 3.81. The summed E-state index contributed by atoms with van der Waals surface area (Å²) in [6, 6.07) is 5.56. The quantitative estimate of drug-likeness (QED) is 0.357. The second-order valence-electron chi connectivity index (χ2n) is 8.06. The van der Waals surface area contributed by atoms with E-state index in [0.29, 0.717) is 16.9 Å². The first kappa shape index (κ1) is 23.1. The van der Waals surface area contributed by atoms with Crippen molar-refractivity contribution in [1.82, 2.24) is 15.0 Å². The molecule has 1 fully saturated rings. The topological polar surface area (TPSA) is 161 Å². The van der Waals surface area contributed by atoms with Gasteiger partial charge in [0.15, 0.2) is 11.6 Å². The van der Waals surface area contributed by atoms with Crippen LogP contribution in [0.2, 0.25) is 0 Å². The van der Waals surface area contributed by atoms with Crippen LogP contribution in [0.3, 0.4) is 0 Å². The Kier molecular flexibility index (Phi) is 6.93. The SMILES string of the molecule is NC(=O)c1cc(F)c(NC2CCCC[C@@H]2N)nc1Nc1cncc(NC(=O)c2ccncc2)c1. The molecule has 0 spiro atoms. The number of carbonyl (C=O) groups excluding carboxylic acids is 2. The number of aromatic nitrogens is 3. The zero-order chi connectivity index (χ0) is 24.1. The average molecular weight is 465 g/mol. The Morgan fingerprint density at radius 1 is 1.00 bits per heavy atom. The molecule has 10 nitrogen and oxygen atoms in total. The van der Waals surface area contributed by atoms with Gasteiger partial charge in [-0.3, -0.25) is 19.6 Å². The number of rotatable bonds is 7. The van der Waals surface area contributed by atoms with Crippen molar-refractivity contribution in [3.05, 3.63) is 66.0 Å². The summed E-state index contributed by atoms with van der Waals surface area (Å²) in [4.78, 5) is 36.6. The van der Waals surface area contributed by atoms with Crippen molar-refractivity contribution in [2.75, 3.05) is 16.0 Å². The molecule has 0 aromatic carbocycles. The van der Waals surface area contributed by atoms with E-state index in [-0.39, 0.29) is 35.2 Å². The van der Waals surface area contributed by atoms with Crippen molar-refractivity contribution in [2.45, 2.75) is 37.8 Å². The maximum atomic E-state index is 14.7. The van der Waals surface area contributed by atoms with Gasteiger partial charge >= 0.3 is 0 Å². The van der Waals surface area contributed by atoms with E-state index in [1.54, 1.807) is 18.2 Å². The van der Waals surface area contributed by atoms with E-state index in [2.05, 4.69) is 30.9 Å². The van der Waals surface area contributed by atoms with Gasteiger partial charge in [-0.1, -0.05) is 12.8 Å². The standard InChI is InChI=1S/C23H25FN8O2/c24-17-10-16(20(26)33)21(32-22(17)31-19-4-2-1-3-18(19)25)29-14-9-15(12-28-11-14)30-23(34)13-5-7-27-8-6-13/h5-12,18-19H,1-4,25H2,(H2,26,33)(H,30,34)(H2,29,31,32)/t18-,19?/m0/s1. The summed E-state index contributed by atoms with van der Waals surface area (Å²) in [5.74, 6) is -1.85. The summed E-state index contributed by atoms with van der Waals surface area (Å²) in [6.45, 7) is 0. The third-order valence-electron chi connectivity index (χ3n) is 5.58. The molecule has 4 rings (SSSR count). The summed E-state index contributed by atoms with van der Waals surface area (Å²) in [7, 11) is 0. The number of hydrogen-bond donors (Lipinski definition) is 5. The van der Waals surface area contributed by atoms with Gasteiger partial charge in [0.2, 0.25) is 0 Å². The van der Waals surface area contributed by atoms with E-state index in [1.165, 1.54) is 24.8 Å². The van der Waals surface area contributed by atoms with Crippen molar-refractivity contribution in [3.8, 4) is 0 Å². The molecule has 2 atom stereocenters. The lowest BCUT2D eigenvalue weighted by Crippen LogP contribution is -2.43. The second kappa shape index (κ2) is 10.2. The van der Waals surface area contributed by atoms with Crippen LogP contribution < -0.4 is 27.4 Å². The molecule has 1 aliphatic carbocycles. The minimum absolute atomic E-state index is 0.0232. The normalized spacial score (nSPS) is 17.6. The molecule has 1 saturated carbocycles. The number of halogens is 1. The Labute approximate surface area is 195 Å². The molecule has 0 radical (unpaired) electrons. The monoisotopic (exact) mass is 464 g/mol. The van der Waals surface area contributed by atoms with Gasteiger partial charge in [-0.25, -0.2) is 9.37 Å². The number of primary amides is 1. The molecular weight excluding hydrogens is 439 g/mol. The number of anilines is 4. The van der Waals surface area contributed by atoms with Crippen LogP contribution in [0, 0.1) is 5.82 Å². The lowest BCUT2D eigenvalue weighted by atomic mass is 9.91. The molecule has 3 aromatic rings. The van der Waals surface area contributed by atoms with Crippen molar-refractivity contribution in [3.63, 3.8) is 0 Å². The Balaban J connectivity index is 1.57. The van der Waals surface area contributed by atoms with Gasteiger partial charge in [-0.05, 0) is 37.1 Å². The molecule has 0 aliphatic heterocycles. The van der Waals surface area contributed by atoms with Gasteiger partial charge < -0.3 is 27.4 Å². The van der Waals surface area contributed by atoms with E-state index in [1.807, 2.05) is 0 Å². The summed E-state index contributed by atoms with van der Waals surface area (Å²) < 4.78 is 14.7. The molecule has 1 aliphatic rings. The number of carbonyl (C=O) groups is 2. The van der Waals surface area contributed by atoms with E-state index >= 15 is 0 Å². The molecule has 34 heavy (non-hydrogen) atoms. The number of nitrogens with two attached hydrogens (primary N) is 2. The van der Waals surface area contributed by atoms with Crippen LogP contribution in [-0.4, -0.2) is 38.8 Å². The highest BCUT2D eigenvalue weighted by Crippen LogP contribution is 2.27. The van der Waals surface area contributed by atoms with Crippen molar-refractivity contribution < 1.29 is 14.0 Å². The molecular formula is C23H25FN8O2. The van der Waals surface area contributed by atoms with Gasteiger partial charge in [0, 0.05) is 30.0 Å². The highest BCUT2D eigenvalue weighted by atomic mass is 19.1. The van der Waals surface area contributed by atoms with Gasteiger partial charge in [0.05, 0.1) is 29.3 Å². The third-order valence-corrected chi connectivity index (χ3v) is 5.58. The summed E-state index contributed by atoms with van der Waals surface area (Å²) >= 11 is 0. The van der Waals surface area contributed by atoms with Gasteiger partial charge in [-0.15, -0.1) is 0 Å². The van der Waals surface area contributed by atoms with Crippen molar-refractivity contribution >= 4 is 34.8 Å². The van der Waals surface area contributed by atoms with E-state index in [0.717, 1.165) is 31.7 Å². The minimum atomic E-state index is -0.843. The zero-order valence-electron chi connectivity index (χ0n) is 18.3. The number of nitrogens with zero attached hydrogens (tertiary/aromatic N) is 3. The molecule has 0 bridgehead atoms. The Hall–Kier alpha value is -4.12. The first-order valence-electron chi connectivity index (χ1n) is 10.9. The van der Waals surface area contributed by atoms with Crippen LogP contribution in [0.4, 0.5) is 27.4 Å². The molecule has 176 valence electrons. The first-order chi connectivity index (χ1) is 16.4. The third kappa shape index (κ3) is 5.44. The number of amides is 2. The fourth-order valence-corrected chi connectivity index (χ4v) is 3.81. The predicted molar refractivity (Wildman–Crippen MR) is 126 cm³/mol. The smallest absolute Gasteiger partial charge is 0.255 e. The van der Waals surface area contributed by atoms with Crippen LogP contribution in [0.25, 0.3) is 0 Å². The van der Waals surface area contributed by atoms with Crippen LogP contribution in [0.5, 0.6) is 0 Å². The molecule has 7 N–H and O–H groups in total. The van der Waals surface area contributed by atoms with Crippen molar-refractivity contribution in [2.24, 2.45) is 11.5 Å². The molecule has 3 aromatic heterocycles. The summed E-state index contributed by atoms with van der Waals surface area (Å²) in [5, 5.41) is 8.75. The van der Waals surface area contributed by atoms with Gasteiger partial charge in [0.1, 0.15) is 5.82 Å². The highest BCUT2D eigenvalue weighted by Gasteiger charge is 2.24. The van der Waals surface area contributed by atoms with Crippen LogP contribution in [-0.2, 0) is 0 Å². The highest BCUT2D eigenvalue weighted by molar-refractivity contribution is 6.04. The first-order valence-corrected chi connectivity index (χ1v) is 10.9. The number of hydrogen-bond acceptors (Lipinski definition) is 8. The minimum Gasteiger partial charge on any atom is -0.365 e. The van der Waals surface area contributed by atoms with Crippen molar-refractivity contribution in [1.29, 1.82) is 0 Å². The Bertz CT molecular complexity index is 1190.